The van der Waals surface area contributed by atoms with Gasteiger partial charge in [-0.2, -0.15) is 0 Å². The molecule has 0 unspecified atom stereocenters. The molecule has 0 aliphatic heterocycles. The zero-order valence-electron chi connectivity index (χ0n) is 16.1. The number of hydrogen-bond acceptors (Lipinski definition) is 3. The molecule has 0 spiro atoms. The monoisotopic (exact) mass is 383 g/mol. The number of carbonyl (C=O) groups excluding carboxylic acids is 2. The topological polar surface area (TPSA) is 55.4 Å². The van der Waals surface area contributed by atoms with Crippen molar-refractivity contribution < 1.29 is 18.7 Å². The molecule has 1 N–H and O–H groups in total. The van der Waals surface area contributed by atoms with Gasteiger partial charge in [0.2, 0.25) is 0 Å². The van der Waals surface area contributed by atoms with Crippen LogP contribution < -0.4 is 5.32 Å². The van der Waals surface area contributed by atoms with Crippen LogP contribution in [0.25, 0.3) is 0 Å². The maximum atomic E-state index is 14.4. The first-order valence-corrected chi connectivity index (χ1v) is 9.81. The van der Waals surface area contributed by atoms with Crippen molar-refractivity contribution in [3.63, 3.8) is 0 Å². The predicted octanol–water partition coefficient (Wildman–Crippen LogP) is 3.93. The molecule has 1 aliphatic rings. The number of ether oxygens (including phenoxy) is 1. The van der Waals surface area contributed by atoms with E-state index in [0.29, 0.717) is 31.4 Å². The maximum Gasteiger partial charge on any atom is 0.317 e. The molecular formula is C23H26FNO3. The molecular weight excluding hydrogens is 357 g/mol. The average molecular weight is 383 g/mol. The Morgan fingerprint density at radius 3 is 2.39 bits per heavy atom. The molecule has 1 amide bonds. The smallest absolute Gasteiger partial charge is 0.317 e. The van der Waals surface area contributed by atoms with Crippen molar-refractivity contribution in [3.8, 4) is 0 Å². The molecule has 1 fully saturated rings. The van der Waals surface area contributed by atoms with Gasteiger partial charge in [0.15, 0.2) is 6.10 Å². The standard InChI is InChI=1S/C23H26FNO3/c1-17(21(26)25-16-13-18-9-3-2-4-10-18)28-22(27)23(14-7-8-15-23)19-11-5-6-12-20(19)24/h2-6,9-12,17H,7-8,13-16H2,1H3,(H,25,26)/t17-/m0/s1. The molecule has 0 bridgehead atoms. The van der Waals surface area contributed by atoms with Crippen LogP contribution >= 0.6 is 0 Å². The Morgan fingerprint density at radius 2 is 1.71 bits per heavy atom. The van der Waals surface area contributed by atoms with E-state index in [1.807, 2.05) is 30.3 Å². The van der Waals surface area contributed by atoms with Gasteiger partial charge in [-0.25, -0.2) is 4.39 Å². The zero-order chi connectivity index (χ0) is 20.0. The molecule has 2 aromatic carbocycles. The van der Waals surface area contributed by atoms with Gasteiger partial charge in [0.1, 0.15) is 5.82 Å². The molecule has 148 valence electrons. The molecule has 4 nitrogen and oxygen atoms in total. The first kappa shape index (κ1) is 20.1. The van der Waals surface area contributed by atoms with Crippen LogP contribution in [0.15, 0.2) is 54.6 Å². The Balaban J connectivity index is 1.60. The van der Waals surface area contributed by atoms with Crippen molar-refractivity contribution in [2.24, 2.45) is 0 Å². The fourth-order valence-corrected chi connectivity index (χ4v) is 3.86. The lowest BCUT2D eigenvalue weighted by Crippen LogP contribution is -2.42. The summed E-state index contributed by atoms with van der Waals surface area (Å²) in [5.74, 6) is -1.26. The molecule has 2 aromatic rings. The summed E-state index contributed by atoms with van der Waals surface area (Å²) in [7, 11) is 0. The Kier molecular flexibility index (Phi) is 6.45. The van der Waals surface area contributed by atoms with E-state index >= 15 is 0 Å². The van der Waals surface area contributed by atoms with Crippen LogP contribution in [0.5, 0.6) is 0 Å². The Morgan fingerprint density at radius 1 is 1.07 bits per heavy atom. The first-order chi connectivity index (χ1) is 13.5. The summed E-state index contributed by atoms with van der Waals surface area (Å²) < 4.78 is 19.9. The van der Waals surface area contributed by atoms with Crippen molar-refractivity contribution in [1.82, 2.24) is 5.32 Å². The van der Waals surface area contributed by atoms with Gasteiger partial charge in [-0.3, -0.25) is 9.59 Å². The van der Waals surface area contributed by atoms with Crippen LogP contribution in [0.2, 0.25) is 0 Å². The van der Waals surface area contributed by atoms with Crippen molar-refractivity contribution >= 4 is 11.9 Å². The number of halogens is 1. The lowest BCUT2D eigenvalue weighted by molar-refractivity contribution is -0.160. The molecule has 1 saturated carbocycles. The van der Waals surface area contributed by atoms with Gasteiger partial charge in [-0.05, 0) is 37.8 Å². The third-order valence-corrected chi connectivity index (χ3v) is 5.45. The second kappa shape index (κ2) is 9.00. The number of benzene rings is 2. The fraction of sp³-hybridized carbons (Fsp3) is 0.391. The fourth-order valence-electron chi connectivity index (χ4n) is 3.86. The number of hydrogen-bond donors (Lipinski definition) is 1. The molecule has 1 atom stereocenters. The lowest BCUT2D eigenvalue weighted by atomic mass is 9.78. The van der Waals surface area contributed by atoms with Crippen molar-refractivity contribution in [2.75, 3.05) is 6.54 Å². The summed E-state index contributed by atoms with van der Waals surface area (Å²) in [5, 5.41) is 2.80. The van der Waals surface area contributed by atoms with Crippen LogP contribution in [0.3, 0.4) is 0 Å². The van der Waals surface area contributed by atoms with E-state index in [4.69, 9.17) is 4.74 Å². The minimum absolute atomic E-state index is 0.342. The van der Waals surface area contributed by atoms with Crippen LogP contribution in [0.1, 0.15) is 43.7 Å². The second-order valence-corrected chi connectivity index (χ2v) is 7.34. The molecule has 0 saturated heterocycles. The number of amides is 1. The Labute approximate surface area is 165 Å². The summed E-state index contributed by atoms with van der Waals surface area (Å²) in [6.45, 7) is 2.02. The van der Waals surface area contributed by atoms with Crippen molar-refractivity contribution in [1.29, 1.82) is 0 Å². The molecule has 3 rings (SSSR count). The van der Waals surface area contributed by atoms with Gasteiger partial charge in [0.25, 0.3) is 5.91 Å². The van der Waals surface area contributed by atoms with E-state index in [-0.39, 0.29) is 5.91 Å². The number of carbonyl (C=O) groups is 2. The average Bonchev–Trinajstić information content (AvgIpc) is 3.20. The van der Waals surface area contributed by atoms with Crippen molar-refractivity contribution in [3.05, 3.63) is 71.5 Å². The normalized spacial score (nSPS) is 16.4. The minimum atomic E-state index is -0.996. The van der Waals surface area contributed by atoms with Gasteiger partial charge < -0.3 is 10.1 Å². The molecule has 0 aromatic heterocycles. The number of nitrogens with one attached hydrogen (secondary N) is 1. The van der Waals surface area contributed by atoms with Gasteiger partial charge in [-0.15, -0.1) is 0 Å². The Bertz CT molecular complexity index is 816. The van der Waals surface area contributed by atoms with Crippen LogP contribution in [0.4, 0.5) is 4.39 Å². The van der Waals surface area contributed by atoms with E-state index in [2.05, 4.69) is 5.32 Å². The highest BCUT2D eigenvalue weighted by Crippen LogP contribution is 2.43. The summed E-state index contributed by atoms with van der Waals surface area (Å²) in [6, 6.07) is 16.2. The van der Waals surface area contributed by atoms with E-state index in [0.717, 1.165) is 18.4 Å². The molecule has 0 radical (unpaired) electrons. The molecule has 5 heteroatoms. The maximum absolute atomic E-state index is 14.4. The quantitative estimate of drug-likeness (QED) is 0.737. The van der Waals surface area contributed by atoms with E-state index in [9.17, 15) is 14.0 Å². The summed E-state index contributed by atoms with van der Waals surface area (Å²) in [5.41, 5.74) is 0.496. The van der Waals surface area contributed by atoms with Gasteiger partial charge in [0, 0.05) is 12.1 Å². The molecule has 28 heavy (non-hydrogen) atoms. The summed E-state index contributed by atoms with van der Waals surface area (Å²) in [4.78, 5) is 25.3. The van der Waals surface area contributed by atoms with Gasteiger partial charge >= 0.3 is 5.97 Å². The summed E-state index contributed by atoms with van der Waals surface area (Å²) in [6.07, 6.45) is 2.52. The van der Waals surface area contributed by atoms with Crippen LogP contribution in [0, 0.1) is 5.82 Å². The highest BCUT2D eigenvalue weighted by Gasteiger charge is 2.46. The van der Waals surface area contributed by atoms with Gasteiger partial charge in [0.05, 0.1) is 5.41 Å². The third kappa shape index (κ3) is 4.41. The van der Waals surface area contributed by atoms with Gasteiger partial charge in [-0.1, -0.05) is 61.4 Å². The first-order valence-electron chi connectivity index (χ1n) is 9.81. The van der Waals surface area contributed by atoms with Crippen LogP contribution in [-0.2, 0) is 26.2 Å². The van der Waals surface area contributed by atoms with E-state index in [1.54, 1.807) is 25.1 Å². The summed E-state index contributed by atoms with van der Waals surface area (Å²) >= 11 is 0. The third-order valence-electron chi connectivity index (χ3n) is 5.45. The lowest BCUT2D eigenvalue weighted by Gasteiger charge is -2.29. The minimum Gasteiger partial charge on any atom is -0.452 e. The predicted molar refractivity (Wildman–Crippen MR) is 105 cm³/mol. The second-order valence-electron chi connectivity index (χ2n) is 7.34. The number of esters is 1. The highest BCUT2D eigenvalue weighted by molar-refractivity contribution is 5.88. The Hall–Kier alpha value is -2.69. The van der Waals surface area contributed by atoms with Crippen molar-refractivity contribution in [2.45, 2.75) is 50.5 Å². The van der Waals surface area contributed by atoms with Crippen LogP contribution in [-0.4, -0.2) is 24.5 Å². The van der Waals surface area contributed by atoms with E-state index < -0.39 is 23.3 Å². The highest BCUT2D eigenvalue weighted by atomic mass is 19.1. The molecule has 1 aliphatic carbocycles. The largest absolute Gasteiger partial charge is 0.452 e. The SMILES string of the molecule is C[C@H](OC(=O)C1(c2ccccc2F)CCCC1)C(=O)NCCc1ccccc1. The van der Waals surface area contributed by atoms with E-state index in [1.165, 1.54) is 6.07 Å². The number of rotatable bonds is 7. The molecule has 0 heterocycles. The zero-order valence-corrected chi connectivity index (χ0v) is 16.1.